The summed E-state index contributed by atoms with van der Waals surface area (Å²) in [7, 11) is -2.79. The fourth-order valence-electron chi connectivity index (χ4n) is 5.56. The Kier molecular flexibility index (Phi) is 14.1. The van der Waals surface area contributed by atoms with Crippen LogP contribution in [0, 0.1) is 17.8 Å². The van der Waals surface area contributed by atoms with Gasteiger partial charge in [-0.1, -0.05) is 51.9 Å². The Labute approximate surface area is 212 Å². The van der Waals surface area contributed by atoms with Crippen LogP contribution in [0.4, 0.5) is 0 Å². The molecule has 0 heterocycles. The van der Waals surface area contributed by atoms with Crippen LogP contribution in [0.5, 0.6) is 0 Å². The van der Waals surface area contributed by atoms with E-state index in [0.717, 1.165) is 24.2 Å². The first-order valence-electron chi connectivity index (χ1n) is 12.5. The smallest absolute Gasteiger partial charge is 0.378 e. The van der Waals surface area contributed by atoms with Crippen molar-refractivity contribution in [1.29, 1.82) is 0 Å². The zero-order valence-electron chi connectivity index (χ0n) is 19.6. The van der Waals surface area contributed by atoms with Gasteiger partial charge in [-0.05, 0) is 99.4 Å². The lowest BCUT2D eigenvalue weighted by Gasteiger charge is -2.38. The maximum absolute atomic E-state index is 6.19. The summed E-state index contributed by atoms with van der Waals surface area (Å²) in [6.07, 6.45) is 19.2. The summed E-state index contributed by atoms with van der Waals surface area (Å²) < 4.78 is 18.7. The molecule has 2 rings (SSSR count). The van der Waals surface area contributed by atoms with Gasteiger partial charge in [0.15, 0.2) is 0 Å². The van der Waals surface area contributed by atoms with E-state index in [1.165, 1.54) is 83.5 Å². The minimum Gasteiger partial charge on any atom is -0.378 e. The Hall–Kier alpha value is -0.423. The molecule has 0 bridgehead atoms. The van der Waals surface area contributed by atoms with Crippen LogP contribution < -0.4 is 0 Å². The Bertz CT molecular complexity index is 641. The Morgan fingerprint density at radius 2 is 1.31 bits per heavy atom. The first kappa shape index (κ1) is 27.8. The van der Waals surface area contributed by atoms with Crippen molar-refractivity contribution in [3.8, 4) is 0 Å². The molecule has 0 aromatic rings. The fourth-order valence-corrected chi connectivity index (χ4v) is 8.41. The van der Waals surface area contributed by atoms with Crippen molar-refractivity contribution in [2.24, 2.45) is 31.7 Å². The molecule has 2 fully saturated rings. The summed E-state index contributed by atoms with van der Waals surface area (Å²) in [5, 5.41) is 7.17. The summed E-state index contributed by atoms with van der Waals surface area (Å²) in [6.45, 7) is 2.98. The highest BCUT2D eigenvalue weighted by molar-refractivity contribution is 7.78. The van der Waals surface area contributed by atoms with Crippen molar-refractivity contribution in [3.63, 3.8) is 0 Å². The molecule has 4 nitrogen and oxygen atoms in total. The maximum atomic E-state index is 6.19. The van der Waals surface area contributed by atoms with Crippen molar-refractivity contribution < 1.29 is 4.74 Å². The van der Waals surface area contributed by atoms with Gasteiger partial charge in [0.2, 0.25) is 0 Å². The van der Waals surface area contributed by atoms with Gasteiger partial charge in [0.1, 0.15) is 0 Å². The number of ether oxygens (including phenoxy) is 1. The average Bonchev–Trinajstić information content (AvgIpc) is 2.81. The van der Waals surface area contributed by atoms with E-state index in [-0.39, 0.29) is 0 Å². The lowest BCUT2D eigenvalue weighted by molar-refractivity contribution is 0.00715. The van der Waals surface area contributed by atoms with E-state index in [1.54, 1.807) is 0 Å². The minimum absolute atomic E-state index is 0.384. The number of rotatable bonds is 14. The highest BCUT2D eigenvalue weighted by Crippen LogP contribution is 2.41. The molecule has 2 saturated carbocycles. The van der Waals surface area contributed by atoms with Gasteiger partial charge in [-0.2, -0.15) is 0 Å². The Morgan fingerprint density at radius 1 is 0.750 bits per heavy atom. The quantitative estimate of drug-likeness (QED) is 0.103. The summed E-state index contributed by atoms with van der Waals surface area (Å²) in [6, 6.07) is 0.640. The molecule has 178 valence electrons. The molecular formula is C24H39N3OS3Si. The third-order valence-corrected chi connectivity index (χ3v) is 10.6. The van der Waals surface area contributed by atoms with Gasteiger partial charge in [-0.3, -0.25) is 0 Å². The predicted molar refractivity (Wildman–Crippen MR) is 146 cm³/mol. The third-order valence-electron chi connectivity index (χ3n) is 7.43. The average molecular weight is 510 g/mol. The third kappa shape index (κ3) is 9.83. The summed E-state index contributed by atoms with van der Waals surface area (Å²) in [5.41, 5.74) is 0. The Morgan fingerprint density at radius 3 is 1.84 bits per heavy atom. The molecule has 0 atom stereocenters. The minimum atomic E-state index is -2.79. The van der Waals surface area contributed by atoms with Gasteiger partial charge >= 0.3 is 8.56 Å². The molecule has 0 amide bonds. The first-order chi connectivity index (χ1) is 15.7. The number of hydrogen-bond donors (Lipinski definition) is 0. The monoisotopic (exact) mass is 509 g/mol. The molecule has 0 aromatic carbocycles. The number of hydrogen-bond acceptors (Lipinski definition) is 7. The second-order valence-corrected chi connectivity index (χ2v) is 12.8. The van der Waals surface area contributed by atoms with Gasteiger partial charge in [0, 0.05) is 12.7 Å². The number of thiocarbonyl (C=S) groups is 3. The van der Waals surface area contributed by atoms with Gasteiger partial charge in [-0.25, -0.2) is 14.0 Å². The van der Waals surface area contributed by atoms with Crippen LogP contribution in [-0.2, 0) is 4.74 Å². The molecule has 2 aliphatic rings. The van der Waals surface area contributed by atoms with Gasteiger partial charge < -0.3 is 4.74 Å². The van der Waals surface area contributed by atoms with E-state index >= 15 is 0 Å². The van der Waals surface area contributed by atoms with E-state index in [1.807, 2.05) is 0 Å². The topological polar surface area (TPSA) is 46.3 Å². The lowest BCUT2D eigenvalue weighted by atomic mass is 9.70. The van der Waals surface area contributed by atoms with Gasteiger partial charge in [0.25, 0.3) is 0 Å². The van der Waals surface area contributed by atoms with Crippen LogP contribution in [0.25, 0.3) is 0 Å². The number of unbranched alkanes of at least 4 members (excludes halogenated alkanes) is 3. The molecule has 0 radical (unpaired) electrons. The molecule has 0 aliphatic heterocycles. The van der Waals surface area contributed by atoms with Crippen LogP contribution in [0.2, 0.25) is 6.04 Å². The largest absolute Gasteiger partial charge is 0.461 e. The maximum Gasteiger partial charge on any atom is 0.461 e. The standard InChI is InChI=1S/C24H39N3OS3Si/c1-2-3-4-5-7-21-8-10-22(11-9-21)23-12-14-24(15-13-23)28-16-6-17-32(25-18-29,26-19-30)27-20-31/h21-24H,2-17H2,1H3/t21-,22-,23-,24-. The van der Waals surface area contributed by atoms with E-state index < -0.39 is 8.56 Å². The second kappa shape index (κ2) is 16.2. The molecule has 0 aromatic heterocycles. The molecule has 0 N–H and O–H groups in total. The van der Waals surface area contributed by atoms with Crippen molar-refractivity contribution in [3.05, 3.63) is 0 Å². The molecule has 8 heteroatoms. The van der Waals surface area contributed by atoms with E-state index in [4.69, 9.17) is 41.4 Å². The lowest BCUT2D eigenvalue weighted by Crippen LogP contribution is -2.30. The zero-order valence-corrected chi connectivity index (χ0v) is 23.0. The van der Waals surface area contributed by atoms with Crippen molar-refractivity contribution >= 4 is 60.7 Å². The molecule has 2 aliphatic carbocycles. The molecule has 0 unspecified atom stereocenters. The highest BCUT2D eigenvalue weighted by Gasteiger charge is 2.34. The summed E-state index contributed by atoms with van der Waals surface area (Å²) >= 11 is 14.3. The highest BCUT2D eigenvalue weighted by atomic mass is 32.1. The van der Waals surface area contributed by atoms with Crippen LogP contribution >= 0.6 is 36.7 Å². The van der Waals surface area contributed by atoms with Gasteiger partial charge in [0.05, 0.1) is 21.6 Å². The van der Waals surface area contributed by atoms with E-state index in [0.29, 0.717) is 18.8 Å². The summed E-state index contributed by atoms with van der Waals surface area (Å²) in [5.74, 6) is 2.88. The SMILES string of the molecule is CCCCCC[C@H]1CC[C@H]([C@H]2CC[C@H](OCCC[Si](N=C=S)(N=C=S)N=C=S)CC2)CC1. The molecule has 32 heavy (non-hydrogen) atoms. The molecular weight excluding hydrogens is 471 g/mol. The van der Waals surface area contributed by atoms with E-state index in [9.17, 15) is 0 Å². The Balaban J connectivity index is 1.64. The van der Waals surface area contributed by atoms with Gasteiger partial charge in [-0.15, -0.1) is 0 Å². The van der Waals surface area contributed by atoms with Crippen LogP contribution in [0.1, 0.15) is 96.8 Å². The normalized spacial score (nSPS) is 27.3. The molecule has 0 saturated heterocycles. The second-order valence-electron chi connectivity index (χ2n) is 9.52. The van der Waals surface area contributed by atoms with Crippen LogP contribution in [0.3, 0.4) is 0 Å². The van der Waals surface area contributed by atoms with Crippen molar-refractivity contribution in [2.45, 2.75) is 109 Å². The summed E-state index contributed by atoms with van der Waals surface area (Å²) in [4.78, 5) is 0. The number of nitrogens with zero attached hydrogens (tertiary/aromatic N) is 3. The molecule has 0 spiro atoms. The fraction of sp³-hybridized carbons (Fsp3) is 0.875. The van der Waals surface area contributed by atoms with Crippen molar-refractivity contribution in [2.75, 3.05) is 6.61 Å². The van der Waals surface area contributed by atoms with Crippen LogP contribution in [0.15, 0.2) is 14.0 Å². The van der Waals surface area contributed by atoms with Crippen molar-refractivity contribution in [1.82, 2.24) is 0 Å². The zero-order chi connectivity index (χ0) is 23.1. The number of isothiocyanates is 3. The predicted octanol–water partition coefficient (Wildman–Crippen LogP) is 7.98. The van der Waals surface area contributed by atoms with E-state index in [2.05, 4.69) is 36.4 Å². The first-order valence-corrected chi connectivity index (χ1v) is 15.8. The van der Waals surface area contributed by atoms with Crippen LogP contribution in [-0.4, -0.2) is 36.8 Å².